The third kappa shape index (κ3) is 2.06. The number of anilines is 1. The molecular weight excluding hydrogens is 317 g/mol. The Morgan fingerprint density at radius 2 is 1.80 bits per heavy atom. The molecule has 2 fully saturated rings. The van der Waals surface area contributed by atoms with Crippen molar-refractivity contribution in [3.8, 4) is 0 Å². The number of rotatable bonds is 2. The first-order valence-electron chi connectivity index (χ1n) is 9.00. The number of carbonyl (C=O) groups excluding carboxylic acids is 1. The van der Waals surface area contributed by atoms with Crippen LogP contribution in [0.4, 0.5) is 10.1 Å². The van der Waals surface area contributed by atoms with Gasteiger partial charge in [-0.25, -0.2) is 4.39 Å². The summed E-state index contributed by atoms with van der Waals surface area (Å²) in [5.74, 6) is 0.363. The van der Waals surface area contributed by atoms with Gasteiger partial charge in [-0.3, -0.25) is 0 Å². The van der Waals surface area contributed by atoms with E-state index >= 15 is 0 Å². The number of aromatic carboxylic acids is 1. The Bertz CT molecular complexity index is 865. The summed E-state index contributed by atoms with van der Waals surface area (Å²) in [5.41, 5.74) is 2.53. The Morgan fingerprint density at radius 1 is 1.04 bits per heavy atom. The van der Waals surface area contributed by atoms with Gasteiger partial charge in [0.15, 0.2) is 0 Å². The van der Waals surface area contributed by atoms with Gasteiger partial charge < -0.3 is 15.2 Å². The van der Waals surface area contributed by atoms with Gasteiger partial charge in [0.1, 0.15) is 5.82 Å². The van der Waals surface area contributed by atoms with Crippen LogP contribution in [0.15, 0.2) is 42.5 Å². The molecule has 0 saturated heterocycles. The summed E-state index contributed by atoms with van der Waals surface area (Å²) in [6, 6.07) is 12.1. The van der Waals surface area contributed by atoms with Crippen LogP contribution in [0, 0.1) is 23.6 Å². The first kappa shape index (κ1) is 14.9. The molecule has 2 aromatic rings. The van der Waals surface area contributed by atoms with Gasteiger partial charge in [-0.1, -0.05) is 36.4 Å². The number of fused-ring (bicyclic) bond motifs is 7. The van der Waals surface area contributed by atoms with Crippen molar-refractivity contribution in [3.63, 3.8) is 0 Å². The Morgan fingerprint density at radius 3 is 2.60 bits per heavy atom. The molecule has 0 spiro atoms. The van der Waals surface area contributed by atoms with Gasteiger partial charge in [-0.2, -0.15) is 0 Å². The smallest absolute Gasteiger partial charge is 0.128 e. The van der Waals surface area contributed by atoms with Crippen LogP contribution in [0.3, 0.4) is 0 Å². The zero-order valence-electron chi connectivity index (χ0n) is 13.7. The molecule has 5 atom stereocenters. The average molecular weight is 336 g/mol. The van der Waals surface area contributed by atoms with E-state index in [0.717, 1.165) is 12.0 Å². The molecule has 2 bridgehead atoms. The highest BCUT2D eigenvalue weighted by Crippen LogP contribution is 2.64. The van der Waals surface area contributed by atoms with Crippen molar-refractivity contribution >= 4 is 11.7 Å². The summed E-state index contributed by atoms with van der Waals surface area (Å²) in [6.45, 7) is 0. The van der Waals surface area contributed by atoms with Crippen LogP contribution in [-0.4, -0.2) is 5.97 Å². The molecule has 0 radical (unpaired) electrons. The van der Waals surface area contributed by atoms with E-state index in [0.29, 0.717) is 34.9 Å². The Hall–Kier alpha value is -2.36. The molecule has 2 saturated carbocycles. The highest BCUT2D eigenvalue weighted by Gasteiger charge is 2.54. The minimum Gasteiger partial charge on any atom is -0.545 e. The van der Waals surface area contributed by atoms with E-state index in [1.165, 1.54) is 18.9 Å². The number of hydrogen-bond acceptors (Lipinski definition) is 3. The lowest BCUT2D eigenvalue weighted by molar-refractivity contribution is -0.254. The Balaban J connectivity index is 1.70. The van der Waals surface area contributed by atoms with Crippen molar-refractivity contribution in [2.24, 2.45) is 17.8 Å². The minimum atomic E-state index is -1.18. The van der Waals surface area contributed by atoms with Crippen molar-refractivity contribution in [2.45, 2.75) is 31.2 Å². The van der Waals surface area contributed by atoms with Crippen LogP contribution in [0.1, 0.15) is 52.7 Å². The number of carbonyl (C=O) groups is 1. The highest BCUT2D eigenvalue weighted by atomic mass is 19.1. The van der Waals surface area contributed by atoms with Gasteiger partial charge in [-0.05, 0) is 54.6 Å². The maximum absolute atomic E-state index is 14.5. The summed E-state index contributed by atoms with van der Waals surface area (Å²) in [5, 5.41) is 15.0. The third-order valence-corrected chi connectivity index (χ3v) is 6.58. The number of para-hydroxylation sites is 1. The molecule has 3 nitrogen and oxygen atoms in total. The van der Waals surface area contributed by atoms with Gasteiger partial charge >= 0.3 is 0 Å². The molecule has 4 heteroatoms. The third-order valence-electron chi connectivity index (χ3n) is 6.58. The molecule has 5 rings (SSSR count). The van der Waals surface area contributed by atoms with Crippen molar-refractivity contribution in [1.29, 1.82) is 0 Å². The predicted octanol–water partition coefficient (Wildman–Crippen LogP) is 3.49. The zero-order valence-corrected chi connectivity index (χ0v) is 13.7. The normalized spacial score (nSPS) is 32.0. The van der Waals surface area contributed by atoms with Crippen LogP contribution in [0.25, 0.3) is 0 Å². The van der Waals surface area contributed by atoms with Crippen LogP contribution in [0.5, 0.6) is 0 Å². The topological polar surface area (TPSA) is 52.2 Å². The predicted molar refractivity (Wildman–Crippen MR) is 90.6 cm³/mol. The maximum atomic E-state index is 14.5. The van der Waals surface area contributed by atoms with E-state index in [-0.39, 0.29) is 17.4 Å². The number of carboxylic acid groups (broad SMARTS) is 1. The van der Waals surface area contributed by atoms with Crippen molar-refractivity contribution in [1.82, 2.24) is 0 Å². The van der Waals surface area contributed by atoms with Crippen molar-refractivity contribution in [3.05, 3.63) is 65.0 Å². The molecule has 0 aromatic heterocycles. The monoisotopic (exact) mass is 336 g/mol. The first-order chi connectivity index (χ1) is 12.1. The van der Waals surface area contributed by atoms with Crippen molar-refractivity contribution < 1.29 is 14.3 Å². The molecular formula is C21H19FNO2-. The molecule has 3 aliphatic rings. The van der Waals surface area contributed by atoms with Crippen LogP contribution in [0.2, 0.25) is 0 Å². The summed E-state index contributed by atoms with van der Waals surface area (Å²) in [4.78, 5) is 11.6. The number of hydrogen-bond donors (Lipinski definition) is 1. The fourth-order valence-electron chi connectivity index (χ4n) is 5.72. The Kier molecular flexibility index (Phi) is 3.18. The number of carboxylic acids is 1. The van der Waals surface area contributed by atoms with E-state index in [9.17, 15) is 14.3 Å². The summed E-state index contributed by atoms with van der Waals surface area (Å²) >= 11 is 0. The number of benzene rings is 2. The fourth-order valence-corrected chi connectivity index (χ4v) is 5.72. The molecule has 25 heavy (non-hydrogen) atoms. The van der Waals surface area contributed by atoms with Crippen LogP contribution >= 0.6 is 0 Å². The SMILES string of the molecule is O=C([O-])c1cccc2c1N[C@H](c1ccccc1F)[C@@H]1[C@@H]3CC[C@@H](C3)[C@H]21. The summed E-state index contributed by atoms with van der Waals surface area (Å²) in [7, 11) is 0. The second-order valence-electron chi connectivity index (χ2n) is 7.64. The van der Waals surface area contributed by atoms with Crippen LogP contribution in [-0.2, 0) is 0 Å². The standard InChI is InChI=1S/C21H20FNO2/c22-16-7-2-1-4-13(16)20-18-12-9-8-11(10-12)17(18)14-5-3-6-15(21(24)25)19(14)23-20/h1-7,11-12,17-18,20,23H,8-10H2,(H,24,25)/p-1/t11-,12+,17+,18+,20+/m0/s1. The lowest BCUT2D eigenvalue weighted by Gasteiger charge is -2.44. The fraction of sp³-hybridized carbons (Fsp3) is 0.381. The molecule has 2 aliphatic carbocycles. The minimum absolute atomic E-state index is 0.181. The largest absolute Gasteiger partial charge is 0.545 e. The van der Waals surface area contributed by atoms with E-state index in [1.807, 2.05) is 18.2 Å². The second-order valence-corrected chi connectivity index (χ2v) is 7.64. The highest BCUT2D eigenvalue weighted by molar-refractivity contribution is 5.94. The molecule has 0 unspecified atom stereocenters. The van der Waals surface area contributed by atoms with Crippen LogP contribution < -0.4 is 10.4 Å². The molecule has 128 valence electrons. The van der Waals surface area contributed by atoms with Gasteiger partial charge in [0.2, 0.25) is 0 Å². The molecule has 1 heterocycles. The number of halogens is 1. The Labute approximate surface area is 145 Å². The molecule has 2 aromatic carbocycles. The zero-order chi connectivity index (χ0) is 17.1. The lowest BCUT2D eigenvalue weighted by Crippen LogP contribution is -2.37. The van der Waals surface area contributed by atoms with E-state index < -0.39 is 5.97 Å². The quantitative estimate of drug-likeness (QED) is 0.913. The van der Waals surface area contributed by atoms with E-state index in [4.69, 9.17) is 0 Å². The molecule has 0 amide bonds. The van der Waals surface area contributed by atoms with Crippen molar-refractivity contribution in [2.75, 3.05) is 5.32 Å². The first-order valence-corrected chi connectivity index (χ1v) is 9.00. The summed E-state index contributed by atoms with van der Waals surface area (Å²) in [6.07, 6.45) is 3.54. The van der Waals surface area contributed by atoms with Gasteiger partial charge in [0, 0.05) is 16.8 Å². The average Bonchev–Trinajstić information content (AvgIpc) is 3.23. The lowest BCUT2D eigenvalue weighted by atomic mass is 9.67. The van der Waals surface area contributed by atoms with E-state index in [1.54, 1.807) is 18.2 Å². The maximum Gasteiger partial charge on any atom is 0.128 e. The van der Waals surface area contributed by atoms with Gasteiger partial charge in [-0.15, -0.1) is 0 Å². The summed E-state index contributed by atoms with van der Waals surface area (Å²) < 4.78 is 14.5. The molecule has 1 aliphatic heterocycles. The molecule has 1 N–H and O–H groups in total. The van der Waals surface area contributed by atoms with Gasteiger partial charge in [0.05, 0.1) is 12.0 Å². The van der Waals surface area contributed by atoms with Gasteiger partial charge in [0.25, 0.3) is 0 Å². The number of nitrogens with one attached hydrogen (secondary N) is 1. The second kappa shape index (κ2) is 5.32. The van der Waals surface area contributed by atoms with E-state index in [2.05, 4.69) is 5.32 Å².